The molecule has 1 N–H and O–H groups in total. The van der Waals surface area contributed by atoms with Gasteiger partial charge in [-0.3, -0.25) is 9.55 Å². The van der Waals surface area contributed by atoms with Crippen molar-refractivity contribution in [3.05, 3.63) is 84.7 Å². The molecule has 3 rings (SSSR count). The average molecular weight is 423 g/mol. The van der Waals surface area contributed by atoms with Gasteiger partial charge in [-0.1, -0.05) is 38.1 Å². The quantitative estimate of drug-likeness (QED) is 0.458. The molecule has 1 heterocycles. The van der Waals surface area contributed by atoms with Crippen LogP contribution in [0.5, 0.6) is 0 Å². The summed E-state index contributed by atoms with van der Waals surface area (Å²) in [6, 6.07) is 21.4. The number of nitrogens with one attached hydrogen (secondary N) is 1. The molecule has 5 nitrogen and oxygen atoms in total. The molecular formula is C24H30N3O2P. The van der Waals surface area contributed by atoms with Crippen LogP contribution in [0.25, 0.3) is 0 Å². The Bertz CT molecular complexity index is 961. The number of hydrogen-bond donors (Lipinski definition) is 1. The first kappa shape index (κ1) is 22.1. The third-order valence-corrected chi connectivity index (χ3v) is 7.40. The third kappa shape index (κ3) is 5.29. The minimum absolute atomic E-state index is 0.255. The fourth-order valence-electron chi connectivity index (χ4n) is 3.11. The van der Waals surface area contributed by atoms with E-state index in [1.165, 1.54) is 0 Å². The van der Waals surface area contributed by atoms with Crippen molar-refractivity contribution in [2.24, 2.45) is 5.92 Å². The lowest BCUT2D eigenvalue weighted by Crippen LogP contribution is -2.22. The molecule has 0 amide bonds. The molecule has 0 aliphatic rings. The molecule has 2 atom stereocenters. The van der Waals surface area contributed by atoms with Gasteiger partial charge in [0.15, 0.2) is 0 Å². The van der Waals surface area contributed by atoms with E-state index in [1.807, 2.05) is 85.7 Å². The van der Waals surface area contributed by atoms with Crippen molar-refractivity contribution in [3.8, 4) is 0 Å². The summed E-state index contributed by atoms with van der Waals surface area (Å²) in [7, 11) is 0.628. The number of anilines is 2. The molecule has 2 aromatic carbocycles. The van der Waals surface area contributed by atoms with Crippen LogP contribution in [-0.2, 0) is 9.09 Å². The second kappa shape index (κ2) is 9.92. The molecule has 30 heavy (non-hydrogen) atoms. The lowest BCUT2D eigenvalue weighted by Gasteiger charge is -2.30. The van der Waals surface area contributed by atoms with Crippen molar-refractivity contribution in [2.45, 2.75) is 19.6 Å². The van der Waals surface area contributed by atoms with Gasteiger partial charge in [-0.2, -0.15) is 0 Å². The van der Waals surface area contributed by atoms with Crippen LogP contribution < -0.4 is 15.5 Å². The lowest BCUT2D eigenvalue weighted by molar-refractivity contribution is 0.272. The summed E-state index contributed by atoms with van der Waals surface area (Å²) in [6.45, 7) is 4.52. The third-order valence-electron chi connectivity index (χ3n) is 4.74. The van der Waals surface area contributed by atoms with E-state index < -0.39 is 13.2 Å². The molecule has 0 radical (unpaired) electrons. The van der Waals surface area contributed by atoms with Crippen LogP contribution in [0.15, 0.2) is 79.1 Å². The molecule has 0 spiro atoms. The Morgan fingerprint density at radius 3 is 2.27 bits per heavy atom. The number of aromatic nitrogens is 1. The van der Waals surface area contributed by atoms with Gasteiger partial charge in [0.25, 0.3) is 7.37 Å². The van der Waals surface area contributed by atoms with Gasteiger partial charge in [-0.15, -0.1) is 0 Å². The smallest absolute Gasteiger partial charge is 0.258 e. The van der Waals surface area contributed by atoms with Crippen LogP contribution in [-0.4, -0.2) is 25.7 Å². The first-order chi connectivity index (χ1) is 14.4. The Kier molecular flexibility index (Phi) is 7.30. The molecule has 0 saturated carbocycles. The summed E-state index contributed by atoms with van der Waals surface area (Å²) >= 11 is 0. The van der Waals surface area contributed by atoms with E-state index in [2.05, 4.69) is 24.1 Å². The van der Waals surface area contributed by atoms with E-state index in [-0.39, 0.29) is 5.92 Å². The first-order valence-corrected chi connectivity index (χ1v) is 11.8. The van der Waals surface area contributed by atoms with Crippen LogP contribution >= 0.6 is 7.37 Å². The molecule has 0 unspecified atom stereocenters. The van der Waals surface area contributed by atoms with Gasteiger partial charge in [-0.25, -0.2) is 0 Å². The predicted molar refractivity (Wildman–Crippen MR) is 126 cm³/mol. The number of pyridine rings is 1. The van der Waals surface area contributed by atoms with Gasteiger partial charge < -0.3 is 14.7 Å². The number of para-hydroxylation sites is 1. The first-order valence-electron chi connectivity index (χ1n) is 10.1. The maximum atomic E-state index is 14.6. The van der Waals surface area contributed by atoms with E-state index >= 15 is 0 Å². The summed E-state index contributed by atoms with van der Waals surface area (Å²) in [4.78, 5) is 6.28. The summed E-state index contributed by atoms with van der Waals surface area (Å²) in [5, 5.41) is 4.14. The van der Waals surface area contributed by atoms with E-state index in [0.717, 1.165) is 16.9 Å². The summed E-state index contributed by atoms with van der Waals surface area (Å²) in [5.41, 5.74) is 2.75. The van der Waals surface area contributed by atoms with Crippen molar-refractivity contribution in [1.82, 2.24) is 4.98 Å². The summed E-state index contributed by atoms with van der Waals surface area (Å²) in [6.07, 6.45) is 3.47. The van der Waals surface area contributed by atoms with Gasteiger partial charge >= 0.3 is 0 Å². The molecule has 158 valence electrons. The van der Waals surface area contributed by atoms with Crippen LogP contribution in [0.4, 0.5) is 11.4 Å². The highest BCUT2D eigenvalue weighted by Crippen LogP contribution is 2.59. The van der Waals surface area contributed by atoms with Gasteiger partial charge in [0.1, 0.15) is 5.78 Å². The van der Waals surface area contributed by atoms with Crippen molar-refractivity contribution in [1.29, 1.82) is 0 Å². The zero-order valence-electron chi connectivity index (χ0n) is 18.0. The van der Waals surface area contributed by atoms with E-state index in [1.54, 1.807) is 12.4 Å². The topological polar surface area (TPSA) is 54.5 Å². The SMILES string of the molecule is CC(C)CO[P@](=O)(c1ccc(N(C)C)cc1)[C@H](Nc1ccccc1)c1cccnc1. The van der Waals surface area contributed by atoms with Crippen molar-refractivity contribution in [3.63, 3.8) is 0 Å². The molecule has 1 aromatic heterocycles. The standard InChI is InChI=1S/C24H30N3O2P/c1-19(2)18-29-30(28,23-14-12-22(13-15-23)27(3)4)24(20-9-8-16-25-17-20)26-21-10-6-5-7-11-21/h5-17,19,24,26H,18H2,1-4H3/t24-,30+/m0/s1. The Morgan fingerprint density at radius 1 is 1.00 bits per heavy atom. The highest BCUT2D eigenvalue weighted by molar-refractivity contribution is 7.67. The Labute approximate surface area is 179 Å². The molecule has 6 heteroatoms. The number of hydrogen-bond acceptors (Lipinski definition) is 5. The molecule has 0 aliphatic carbocycles. The summed E-state index contributed by atoms with van der Waals surface area (Å²) < 4.78 is 20.8. The number of benzene rings is 2. The summed E-state index contributed by atoms with van der Waals surface area (Å²) in [5.74, 6) is -0.303. The van der Waals surface area contributed by atoms with Crippen LogP contribution in [0.1, 0.15) is 25.2 Å². The molecule has 0 saturated heterocycles. The normalized spacial score (nSPS) is 14.2. The second-order valence-corrected chi connectivity index (χ2v) is 10.4. The number of rotatable bonds is 9. The average Bonchev–Trinajstić information content (AvgIpc) is 2.77. The van der Waals surface area contributed by atoms with Gasteiger partial charge in [-0.05, 0) is 48.4 Å². The highest BCUT2D eigenvalue weighted by atomic mass is 31.2. The molecular weight excluding hydrogens is 393 g/mol. The van der Waals surface area contributed by atoms with Gasteiger partial charge in [0, 0.05) is 48.7 Å². The Hall–Kier alpha value is -2.62. The van der Waals surface area contributed by atoms with Crippen LogP contribution in [0.3, 0.4) is 0 Å². The van der Waals surface area contributed by atoms with Gasteiger partial charge in [0.2, 0.25) is 0 Å². The molecule has 0 fully saturated rings. The van der Waals surface area contributed by atoms with Crippen molar-refractivity contribution in [2.75, 3.05) is 30.9 Å². The Morgan fingerprint density at radius 2 is 1.70 bits per heavy atom. The van der Waals surface area contributed by atoms with Gasteiger partial charge in [0.05, 0.1) is 6.61 Å². The zero-order chi connectivity index (χ0) is 21.6. The number of nitrogens with zero attached hydrogens (tertiary/aromatic N) is 2. The molecule has 3 aromatic rings. The lowest BCUT2D eigenvalue weighted by atomic mass is 10.2. The monoisotopic (exact) mass is 423 g/mol. The minimum Gasteiger partial charge on any atom is -0.378 e. The van der Waals surface area contributed by atoms with E-state index in [4.69, 9.17) is 4.52 Å². The molecule has 0 bridgehead atoms. The van der Waals surface area contributed by atoms with E-state index in [0.29, 0.717) is 11.9 Å². The maximum Gasteiger partial charge on any atom is 0.258 e. The van der Waals surface area contributed by atoms with Crippen LogP contribution in [0, 0.1) is 5.92 Å². The zero-order valence-corrected chi connectivity index (χ0v) is 18.9. The Balaban J connectivity index is 2.09. The maximum absolute atomic E-state index is 14.6. The predicted octanol–water partition coefficient (Wildman–Crippen LogP) is 5.53. The largest absolute Gasteiger partial charge is 0.378 e. The highest BCUT2D eigenvalue weighted by Gasteiger charge is 2.38. The van der Waals surface area contributed by atoms with E-state index in [9.17, 15) is 4.57 Å². The van der Waals surface area contributed by atoms with Crippen molar-refractivity contribution < 1.29 is 9.09 Å². The van der Waals surface area contributed by atoms with Crippen molar-refractivity contribution >= 4 is 24.0 Å². The fraction of sp³-hybridized carbons (Fsp3) is 0.292. The van der Waals surface area contributed by atoms with Crippen LogP contribution in [0.2, 0.25) is 0 Å². The minimum atomic E-state index is -3.34. The second-order valence-electron chi connectivity index (χ2n) is 7.90. The fourth-order valence-corrected chi connectivity index (χ4v) is 5.66. The molecule has 0 aliphatic heterocycles.